The molecule has 0 unspecified atom stereocenters. The number of nitrogen functional groups attached to an aromatic ring is 1. The summed E-state index contributed by atoms with van der Waals surface area (Å²) < 4.78 is 10.8. The lowest BCUT2D eigenvalue weighted by Crippen LogP contribution is -1.93. The average molecular weight is 251 g/mol. The summed E-state index contributed by atoms with van der Waals surface area (Å²) in [4.78, 5) is 3.91. The van der Waals surface area contributed by atoms with Crippen LogP contribution in [0.15, 0.2) is 36.5 Å². The Balaban J connectivity index is 2.29. The summed E-state index contributed by atoms with van der Waals surface area (Å²) in [5.41, 5.74) is 6.27. The van der Waals surface area contributed by atoms with Crippen molar-refractivity contribution in [3.63, 3.8) is 0 Å². The predicted molar refractivity (Wildman–Crippen MR) is 66.7 cm³/mol. The van der Waals surface area contributed by atoms with Gasteiger partial charge in [0.15, 0.2) is 16.7 Å². The number of anilines is 1. The van der Waals surface area contributed by atoms with Crippen molar-refractivity contribution in [3.8, 4) is 17.2 Å². The molecule has 17 heavy (non-hydrogen) atoms. The topological polar surface area (TPSA) is 57.4 Å². The molecule has 0 aliphatic carbocycles. The van der Waals surface area contributed by atoms with Crippen LogP contribution in [0.5, 0.6) is 17.2 Å². The number of pyridine rings is 1. The number of hydrogen-bond donors (Lipinski definition) is 1. The number of aromatic nitrogens is 1. The molecular weight excluding hydrogens is 240 g/mol. The van der Waals surface area contributed by atoms with E-state index in [1.807, 2.05) is 0 Å². The minimum Gasteiger partial charge on any atom is -0.490 e. The van der Waals surface area contributed by atoms with Crippen LogP contribution in [0.25, 0.3) is 0 Å². The molecule has 1 heterocycles. The molecule has 0 fully saturated rings. The van der Waals surface area contributed by atoms with Crippen LogP contribution in [0, 0.1) is 0 Å². The number of nitrogens with zero attached hydrogens (tertiary/aromatic N) is 1. The van der Waals surface area contributed by atoms with Gasteiger partial charge in [0.1, 0.15) is 5.75 Å². The second-order valence-electron chi connectivity index (χ2n) is 3.30. The number of hydrogen-bond acceptors (Lipinski definition) is 4. The van der Waals surface area contributed by atoms with Gasteiger partial charge < -0.3 is 15.2 Å². The van der Waals surface area contributed by atoms with E-state index >= 15 is 0 Å². The zero-order valence-electron chi connectivity index (χ0n) is 9.18. The molecule has 0 radical (unpaired) electrons. The first kappa shape index (κ1) is 11.5. The third-order valence-corrected chi connectivity index (χ3v) is 2.41. The second-order valence-corrected chi connectivity index (χ2v) is 3.66. The molecule has 0 aliphatic heterocycles. The summed E-state index contributed by atoms with van der Waals surface area (Å²) >= 11 is 5.88. The highest BCUT2D eigenvalue weighted by molar-refractivity contribution is 6.31. The van der Waals surface area contributed by atoms with Crippen molar-refractivity contribution in [2.24, 2.45) is 0 Å². The Morgan fingerprint density at radius 2 is 1.88 bits per heavy atom. The molecule has 0 bridgehead atoms. The van der Waals surface area contributed by atoms with Gasteiger partial charge in [-0.25, -0.2) is 4.98 Å². The van der Waals surface area contributed by atoms with Crippen LogP contribution in [0.1, 0.15) is 0 Å². The minimum atomic E-state index is 0.264. The van der Waals surface area contributed by atoms with Crippen LogP contribution >= 0.6 is 11.6 Å². The Morgan fingerprint density at radius 3 is 2.53 bits per heavy atom. The standard InChI is InChI=1S/C12H11ClN2O2/c1-16-11-10(6-7-15-12(11)13)17-9-4-2-8(14)3-5-9/h2-7H,14H2,1H3. The first-order valence-corrected chi connectivity index (χ1v) is 5.30. The summed E-state index contributed by atoms with van der Waals surface area (Å²) in [6.45, 7) is 0. The molecule has 1 aromatic carbocycles. The average Bonchev–Trinajstić information content (AvgIpc) is 2.32. The van der Waals surface area contributed by atoms with Crippen LogP contribution < -0.4 is 15.2 Å². The van der Waals surface area contributed by atoms with Crippen molar-refractivity contribution in [2.45, 2.75) is 0 Å². The van der Waals surface area contributed by atoms with Crippen LogP contribution in [0.2, 0.25) is 5.15 Å². The number of methoxy groups -OCH3 is 1. The number of halogens is 1. The number of nitrogens with two attached hydrogens (primary N) is 1. The fourth-order valence-corrected chi connectivity index (χ4v) is 1.56. The lowest BCUT2D eigenvalue weighted by molar-refractivity contribution is 0.377. The van der Waals surface area contributed by atoms with E-state index < -0.39 is 0 Å². The molecule has 2 rings (SSSR count). The highest BCUT2D eigenvalue weighted by Crippen LogP contribution is 2.35. The zero-order valence-corrected chi connectivity index (χ0v) is 9.94. The van der Waals surface area contributed by atoms with Crippen molar-refractivity contribution in [1.29, 1.82) is 0 Å². The normalized spacial score (nSPS) is 10.0. The molecule has 0 amide bonds. The molecular formula is C12H11ClN2O2. The maximum atomic E-state index is 5.88. The van der Waals surface area contributed by atoms with Crippen LogP contribution in [-0.2, 0) is 0 Å². The summed E-state index contributed by atoms with van der Waals surface area (Å²) in [6.07, 6.45) is 1.55. The zero-order chi connectivity index (χ0) is 12.3. The molecule has 4 nitrogen and oxygen atoms in total. The van der Waals surface area contributed by atoms with Gasteiger partial charge in [-0.15, -0.1) is 0 Å². The molecule has 0 saturated heterocycles. The van der Waals surface area contributed by atoms with E-state index in [0.717, 1.165) is 0 Å². The highest BCUT2D eigenvalue weighted by Gasteiger charge is 2.10. The number of benzene rings is 1. The summed E-state index contributed by atoms with van der Waals surface area (Å²) in [7, 11) is 1.51. The second kappa shape index (κ2) is 4.93. The van der Waals surface area contributed by atoms with E-state index in [9.17, 15) is 0 Å². The van der Waals surface area contributed by atoms with Gasteiger partial charge in [-0.2, -0.15) is 0 Å². The van der Waals surface area contributed by atoms with E-state index in [1.165, 1.54) is 7.11 Å². The van der Waals surface area contributed by atoms with E-state index in [1.54, 1.807) is 36.5 Å². The van der Waals surface area contributed by atoms with Gasteiger partial charge >= 0.3 is 0 Å². The van der Waals surface area contributed by atoms with E-state index in [0.29, 0.717) is 22.9 Å². The summed E-state index contributed by atoms with van der Waals surface area (Å²) in [6, 6.07) is 8.72. The lowest BCUT2D eigenvalue weighted by Gasteiger charge is -2.10. The SMILES string of the molecule is COc1c(Oc2ccc(N)cc2)ccnc1Cl. The van der Waals surface area contributed by atoms with Crippen LogP contribution in [0.3, 0.4) is 0 Å². The molecule has 0 saturated carbocycles. The van der Waals surface area contributed by atoms with Gasteiger partial charge in [0.25, 0.3) is 0 Å². The largest absolute Gasteiger partial charge is 0.490 e. The first-order valence-electron chi connectivity index (χ1n) is 4.92. The molecule has 5 heteroatoms. The molecule has 0 spiro atoms. The van der Waals surface area contributed by atoms with Gasteiger partial charge in [0.2, 0.25) is 0 Å². The van der Waals surface area contributed by atoms with Crippen molar-refractivity contribution < 1.29 is 9.47 Å². The quantitative estimate of drug-likeness (QED) is 0.672. The Hall–Kier alpha value is -1.94. The van der Waals surface area contributed by atoms with Gasteiger partial charge in [0.05, 0.1) is 7.11 Å². The Morgan fingerprint density at radius 1 is 1.18 bits per heavy atom. The van der Waals surface area contributed by atoms with Crippen molar-refractivity contribution in [2.75, 3.05) is 12.8 Å². The van der Waals surface area contributed by atoms with Gasteiger partial charge in [-0.3, -0.25) is 0 Å². The predicted octanol–water partition coefficient (Wildman–Crippen LogP) is 3.12. The molecule has 2 N–H and O–H groups in total. The van der Waals surface area contributed by atoms with E-state index in [-0.39, 0.29) is 5.15 Å². The molecule has 0 atom stereocenters. The number of ether oxygens (including phenoxy) is 2. The van der Waals surface area contributed by atoms with Crippen molar-refractivity contribution >= 4 is 17.3 Å². The molecule has 2 aromatic rings. The van der Waals surface area contributed by atoms with Crippen molar-refractivity contribution in [3.05, 3.63) is 41.7 Å². The highest BCUT2D eigenvalue weighted by atomic mass is 35.5. The molecule has 0 aliphatic rings. The molecule has 1 aromatic heterocycles. The summed E-state index contributed by atoms with van der Waals surface area (Å²) in [5.74, 6) is 1.57. The number of rotatable bonds is 3. The Kier molecular flexibility index (Phi) is 3.35. The van der Waals surface area contributed by atoms with Gasteiger partial charge in [-0.1, -0.05) is 11.6 Å². The van der Waals surface area contributed by atoms with E-state index in [2.05, 4.69) is 4.98 Å². The molecule has 88 valence electrons. The van der Waals surface area contributed by atoms with Crippen LogP contribution in [0.4, 0.5) is 5.69 Å². The monoisotopic (exact) mass is 250 g/mol. The van der Waals surface area contributed by atoms with E-state index in [4.69, 9.17) is 26.8 Å². The Labute approximate surface area is 104 Å². The third-order valence-electron chi connectivity index (χ3n) is 2.14. The first-order chi connectivity index (χ1) is 8.20. The lowest BCUT2D eigenvalue weighted by atomic mass is 10.3. The van der Waals surface area contributed by atoms with Crippen molar-refractivity contribution in [1.82, 2.24) is 4.98 Å². The Bertz CT molecular complexity index is 514. The maximum Gasteiger partial charge on any atom is 0.199 e. The minimum absolute atomic E-state index is 0.264. The fraction of sp³-hybridized carbons (Fsp3) is 0.0833. The van der Waals surface area contributed by atoms with Gasteiger partial charge in [0, 0.05) is 18.0 Å². The van der Waals surface area contributed by atoms with Gasteiger partial charge in [-0.05, 0) is 24.3 Å². The smallest absolute Gasteiger partial charge is 0.199 e. The fourth-order valence-electron chi connectivity index (χ4n) is 1.33. The maximum absolute atomic E-state index is 5.88. The summed E-state index contributed by atoms with van der Waals surface area (Å²) in [5, 5.41) is 0.264. The van der Waals surface area contributed by atoms with Crippen LogP contribution in [-0.4, -0.2) is 12.1 Å². The third kappa shape index (κ3) is 2.60.